The monoisotopic (exact) mass is 286 g/mol. The van der Waals surface area contributed by atoms with Gasteiger partial charge in [0.15, 0.2) is 0 Å². The molecule has 21 heavy (non-hydrogen) atoms. The van der Waals surface area contributed by atoms with Crippen LogP contribution < -0.4 is 0 Å². The summed E-state index contributed by atoms with van der Waals surface area (Å²) in [5, 5.41) is 9.63. The largest absolute Gasteiger partial charge is 0.508 e. The van der Waals surface area contributed by atoms with Crippen LogP contribution in [0.5, 0.6) is 5.75 Å². The molecule has 1 N–H and O–H groups in total. The van der Waals surface area contributed by atoms with Crippen LogP contribution in [-0.2, 0) is 6.42 Å². The first-order valence-corrected chi connectivity index (χ1v) is 8.61. The molecule has 1 aromatic carbocycles. The molecule has 1 saturated heterocycles. The summed E-state index contributed by atoms with van der Waals surface area (Å²) in [6.07, 6.45) is 8.06. The Balaban J connectivity index is 1.41. The molecule has 3 heteroatoms. The molecular weight excluding hydrogens is 260 g/mol. The zero-order valence-electron chi connectivity index (χ0n) is 12.8. The first-order chi connectivity index (χ1) is 10.3. The molecule has 3 nitrogen and oxygen atoms in total. The smallest absolute Gasteiger partial charge is 0.115 e. The van der Waals surface area contributed by atoms with E-state index in [9.17, 15) is 5.11 Å². The van der Waals surface area contributed by atoms with Gasteiger partial charge in [0, 0.05) is 38.3 Å². The fraction of sp³-hybridized carbons (Fsp3) is 0.667. The number of piperazine rings is 1. The van der Waals surface area contributed by atoms with Crippen molar-refractivity contribution >= 4 is 0 Å². The molecular formula is C18H26N2O. The van der Waals surface area contributed by atoms with E-state index in [0.29, 0.717) is 11.8 Å². The van der Waals surface area contributed by atoms with Gasteiger partial charge in [-0.1, -0.05) is 18.9 Å². The highest BCUT2D eigenvalue weighted by atomic mass is 16.3. The first-order valence-electron chi connectivity index (χ1n) is 8.61. The van der Waals surface area contributed by atoms with Gasteiger partial charge in [0.25, 0.3) is 0 Å². The molecule has 1 aromatic rings. The molecule has 114 valence electrons. The number of benzene rings is 1. The van der Waals surface area contributed by atoms with Gasteiger partial charge in [-0.2, -0.15) is 0 Å². The highest BCUT2D eigenvalue weighted by Crippen LogP contribution is 2.38. The molecule has 2 aliphatic carbocycles. The van der Waals surface area contributed by atoms with E-state index in [1.807, 2.05) is 12.1 Å². The Bertz CT molecular complexity index is 502. The highest BCUT2D eigenvalue weighted by molar-refractivity contribution is 5.40. The van der Waals surface area contributed by atoms with Crippen LogP contribution in [0.2, 0.25) is 0 Å². The quantitative estimate of drug-likeness (QED) is 0.905. The standard InChI is InChI=1S/C18H26N2O/c21-16-6-7-17-14(13-16)5-8-18(17)20-11-9-19(10-12-20)15-3-1-2-4-15/h6-7,13,15,18,21H,1-5,8-12H2. The molecule has 4 rings (SSSR count). The number of rotatable bonds is 2. The lowest BCUT2D eigenvalue weighted by Gasteiger charge is -2.40. The van der Waals surface area contributed by atoms with E-state index in [1.54, 1.807) is 0 Å². The minimum atomic E-state index is 0.417. The van der Waals surface area contributed by atoms with Crippen molar-refractivity contribution in [2.24, 2.45) is 0 Å². The molecule has 0 amide bonds. The van der Waals surface area contributed by atoms with Crippen molar-refractivity contribution in [1.82, 2.24) is 9.80 Å². The Morgan fingerprint density at radius 3 is 2.38 bits per heavy atom. The topological polar surface area (TPSA) is 26.7 Å². The number of hydrogen-bond donors (Lipinski definition) is 1. The maximum absolute atomic E-state index is 9.63. The molecule has 0 aromatic heterocycles. The van der Waals surface area contributed by atoms with Crippen LogP contribution in [-0.4, -0.2) is 47.1 Å². The molecule has 2 fully saturated rings. The van der Waals surface area contributed by atoms with Gasteiger partial charge in [-0.25, -0.2) is 0 Å². The van der Waals surface area contributed by atoms with Crippen molar-refractivity contribution in [3.8, 4) is 5.75 Å². The number of fused-ring (bicyclic) bond motifs is 1. The Labute approximate surface area is 127 Å². The van der Waals surface area contributed by atoms with E-state index in [2.05, 4.69) is 15.9 Å². The van der Waals surface area contributed by atoms with Gasteiger partial charge in [-0.3, -0.25) is 9.80 Å². The molecule has 1 heterocycles. The van der Waals surface area contributed by atoms with Crippen LogP contribution in [0.1, 0.15) is 49.3 Å². The van der Waals surface area contributed by atoms with Crippen molar-refractivity contribution in [1.29, 1.82) is 0 Å². The predicted molar refractivity (Wildman–Crippen MR) is 84.6 cm³/mol. The summed E-state index contributed by atoms with van der Waals surface area (Å²) < 4.78 is 0. The second kappa shape index (κ2) is 5.62. The minimum Gasteiger partial charge on any atom is -0.508 e. The van der Waals surface area contributed by atoms with Crippen molar-refractivity contribution in [3.05, 3.63) is 29.3 Å². The Hall–Kier alpha value is -1.06. The van der Waals surface area contributed by atoms with Gasteiger partial charge in [0.05, 0.1) is 0 Å². The minimum absolute atomic E-state index is 0.417. The maximum atomic E-state index is 9.63. The molecule has 1 aliphatic heterocycles. The summed E-state index contributed by atoms with van der Waals surface area (Å²) in [4.78, 5) is 5.41. The van der Waals surface area contributed by atoms with Crippen LogP contribution in [0.4, 0.5) is 0 Å². The van der Waals surface area contributed by atoms with Gasteiger partial charge in [-0.15, -0.1) is 0 Å². The second-order valence-electron chi connectivity index (χ2n) is 6.95. The zero-order chi connectivity index (χ0) is 14.2. The van der Waals surface area contributed by atoms with Crippen LogP contribution in [0.25, 0.3) is 0 Å². The Morgan fingerprint density at radius 2 is 1.62 bits per heavy atom. The maximum Gasteiger partial charge on any atom is 0.115 e. The van der Waals surface area contributed by atoms with Gasteiger partial charge in [-0.05, 0) is 48.9 Å². The zero-order valence-corrected chi connectivity index (χ0v) is 12.8. The molecule has 0 bridgehead atoms. The SMILES string of the molecule is Oc1ccc2c(c1)CCC2N1CCN(C2CCCC2)CC1. The average molecular weight is 286 g/mol. The lowest BCUT2D eigenvalue weighted by molar-refractivity contribution is 0.0703. The molecule has 1 saturated carbocycles. The highest BCUT2D eigenvalue weighted by Gasteiger charge is 2.32. The Kier molecular flexibility index (Phi) is 3.64. The van der Waals surface area contributed by atoms with E-state index >= 15 is 0 Å². The molecule has 0 radical (unpaired) electrons. The first kappa shape index (κ1) is 13.6. The molecule has 1 unspecified atom stereocenters. The number of aromatic hydroxyl groups is 1. The third-order valence-corrected chi connectivity index (χ3v) is 5.80. The summed E-state index contributed by atoms with van der Waals surface area (Å²) in [7, 11) is 0. The van der Waals surface area contributed by atoms with E-state index in [0.717, 1.165) is 12.5 Å². The fourth-order valence-corrected chi connectivity index (χ4v) is 4.64. The van der Waals surface area contributed by atoms with Crippen LogP contribution in [0, 0.1) is 0 Å². The Morgan fingerprint density at radius 1 is 0.905 bits per heavy atom. The lowest BCUT2D eigenvalue weighted by Crippen LogP contribution is -2.50. The van der Waals surface area contributed by atoms with E-state index in [4.69, 9.17) is 0 Å². The summed E-state index contributed by atoms with van der Waals surface area (Å²) in [5.41, 5.74) is 2.82. The van der Waals surface area contributed by atoms with Gasteiger partial charge < -0.3 is 5.11 Å². The summed E-state index contributed by atoms with van der Waals surface area (Å²) in [6.45, 7) is 4.91. The molecule has 0 spiro atoms. The van der Waals surface area contributed by atoms with Gasteiger partial charge >= 0.3 is 0 Å². The summed E-state index contributed by atoms with van der Waals surface area (Å²) in [6, 6.07) is 7.42. The van der Waals surface area contributed by atoms with E-state index in [-0.39, 0.29) is 0 Å². The summed E-state index contributed by atoms with van der Waals surface area (Å²) >= 11 is 0. The molecule has 3 aliphatic rings. The third-order valence-electron chi connectivity index (χ3n) is 5.80. The number of aryl methyl sites for hydroxylation is 1. The van der Waals surface area contributed by atoms with Crippen molar-refractivity contribution in [2.75, 3.05) is 26.2 Å². The number of phenols is 1. The molecule has 1 atom stereocenters. The van der Waals surface area contributed by atoms with Crippen LogP contribution in [0.3, 0.4) is 0 Å². The fourth-order valence-electron chi connectivity index (χ4n) is 4.64. The number of hydrogen-bond acceptors (Lipinski definition) is 3. The van der Waals surface area contributed by atoms with Gasteiger partial charge in [0.1, 0.15) is 5.75 Å². The number of nitrogens with zero attached hydrogens (tertiary/aromatic N) is 2. The summed E-state index contributed by atoms with van der Waals surface area (Å²) in [5.74, 6) is 0.417. The number of phenolic OH excluding ortho intramolecular Hbond substituents is 1. The lowest BCUT2D eigenvalue weighted by atomic mass is 10.1. The second-order valence-corrected chi connectivity index (χ2v) is 6.95. The van der Waals surface area contributed by atoms with Crippen LogP contribution in [0.15, 0.2) is 18.2 Å². The van der Waals surface area contributed by atoms with Crippen molar-refractivity contribution in [3.63, 3.8) is 0 Å². The van der Waals surface area contributed by atoms with Crippen molar-refractivity contribution in [2.45, 2.75) is 50.6 Å². The normalized spacial score (nSPS) is 28.1. The van der Waals surface area contributed by atoms with E-state index < -0.39 is 0 Å². The average Bonchev–Trinajstić information content (AvgIpc) is 3.16. The predicted octanol–water partition coefficient (Wildman–Crippen LogP) is 2.94. The van der Waals surface area contributed by atoms with E-state index in [1.165, 1.54) is 69.4 Å². The third kappa shape index (κ3) is 2.58. The van der Waals surface area contributed by atoms with Crippen molar-refractivity contribution < 1.29 is 5.11 Å². The van der Waals surface area contributed by atoms with Gasteiger partial charge in [0.2, 0.25) is 0 Å². The van der Waals surface area contributed by atoms with Crippen LogP contribution >= 0.6 is 0 Å².